The fourth-order valence-corrected chi connectivity index (χ4v) is 2.21. The second-order valence-corrected chi connectivity index (χ2v) is 4.02. The predicted molar refractivity (Wildman–Crippen MR) is 50.2 cm³/mol. The van der Waals surface area contributed by atoms with E-state index in [0.717, 1.165) is 4.43 Å². The molecular formula is C5H6INO2S. The third-order valence-electron chi connectivity index (χ3n) is 1.07. The van der Waals surface area contributed by atoms with Crippen LogP contribution in [0.5, 0.6) is 0 Å². The van der Waals surface area contributed by atoms with Gasteiger partial charge in [0.05, 0.1) is 6.54 Å². The first-order chi connectivity index (χ1) is 4.74. The van der Waals surface area contributed by atoms with Crippen molar-refractivity contribution in [1.29, 1.82) is 0 Å². The van der Waals surface area contributed by atoms with Gasteiger partial charge in [0.15, 0.2) is 5.04 Å². The van der Waals surface area contributed by atoms with Gasteiger partial charge in [-0.05, 0) is 0 Å². The lowest BCUT2D eigenvalue weighted by Gasteiger charge is -1.98. The second kappa shape index (κ2) is 3.56. The fraction of sp³-hybridized carbons (Fsp3) is 0.600. The molecule has 5 heteroatoms. The van der Waals surface area contributed by atoms with Gasteiger partial charge in [0.25, 0.3) is 0 Å². The summed E-state index contributed by atoms with van der Waals surface area (Å²) in [6.07, 6.45) is 0. The Hall–Kier alpha value is 0.220. The minimum atomic E-state index is -0.891. The smallest absolute Gasteiger partial charge is 0.360 e. The first-order valence-electron chi connectivity index (χ1n) is 2.74. The number of hydrogen-bond donors (Lipinski definition) is 1. The zero-order valence-corrected chi connectivity index (χ0v) is 8.05. The summed E-state index contributed by atoms with van der Waals surface area (Å²) in [5.41, 5.74) is 0. The average molecular weight is 271 g/mol. The average Bonchev–Trinajstić information content (AvgIpc) is 2.34. The molecule has 0 saturated heterocycles. The van der Waals surface area contributed by atoms with Crippen molar-refractivity contribution < 1.29 is 9.90 Å². The molecule has 0 spiro atoms. The maximum Gasteiger partial charge on any atom is 0.360 e. The molecule has 1 heterocycles. The van der Waals surface area contributed by atoms with Crippen molar-refractivity contribution in [3.63, 3.8) is 0 Å². The van der Waals surface area contributed by atoms with Crippen LogP contribution in [0, 0.1) is 0 Å². The van der Waals surface area contributed by atoms with E-state index in [1.54, 1.807) is 0 Å². The maximum atomic E-state index is 10.3. The highest BCUT2D eigenvalue weighted by molar-refractivity contribution is 14.1. The number of alkyl halides is 1. The van der Waals surface area contributed by atoms with Gasteiger partial charge in [0.2, 0.25) is 0 Å². The van der Waals surface area contributed by atoms with Crippen LogP contribution >= 0.6 is 34.4 Å². The maximum absolute atomic E-state index is 10.3. The van der Waals surface area contributed by atoms with E-state index in [9.17, 15) is 4.79 Å². The normalized spacial score (nSPS) is 24.5. The SMILES string of the molecule is O=C(O)C1=NCC(CI)S1. The van der Waals surface area contributed by atoms with Crippen molar-refractivity contribution in [2.24, 2.45) is 4.99 Å². The minimum absolute atomic E-state index is 0.265. The Bertz CT molecular complexity index is 182. The molecule has 0 aromatic heterocycles. The molecule has 1 N–H and O–H groups in total. The molecule has 0 aromatic rings. The number of carboxylic acids is 1. The Labute approximate surface area is 76.4 Å². The number of hydrogen-bond acceptors (Lipinski definition) is 3. The van der Waals surface area contributed by atoms with E-state index in [1.165, 1.54) is 11.8 Å². The quantitative estimate of drug-likeness (QED) is 0.602. The van der Waals surface area contributed by atoms with Crippen LogP contribution < -0.4 is 0 Å². The molecule has 1 rings (SSSR count). The van der Waals surface area contributed by atoms with Crippen LogP contribution in [0.15, 0.2) is 4.99 Å². The van der Waals surface area contributed by atoms with Crippen molar-refractivity contribution in [3.05, 3.63) is 0 Å². The molecule has 1 atom stereocenters. The molecule has 0 aromatic carbocycles. The molecule has 10 heavy (non-hydrogen) atoms. The number of aliphatic imine (C=N–C) groups is 1. The summed E-state index contributed by atoms with van der Waals surface area (Å²) in [4.78, 5) is 14.2. The summed E-state index contributed by atoms with van der Waals surface area (Å²) in [7, 11) is 0. The second-order valence-electron chi connectivity index (χ2n) is 1.85. The van der Waals surface area contributed by atoms with Crippen molar-refractivity contribution in [3.8, 4) is 0 Å². The van der Waals surface area contributed by atoms with Gasteiger partial charge in [-0.1, -0.05) is 34.4 Å². The molecule has 0 radical (unpaired) electrons. The molecular weight excluding hydrogens is 265 g/mol. The molecule has 0 fully saturated rings. The molecule has 0 saturated carbocycles. The van der Waals surface area contributed by atoms with Crippen molar-refractivity contribution in [2.75, 3.05) is 11.0 Å². The van der Waals surface area contributed by atoms with E-state index in [-0.39, 0.29) is 5.04 Å². The Morgan fingerprint density at radius 3 is 3.00 bits per heavy atom. The molecule has 56 valence electrons. The molecule has 0 aliphatic carbocycles. The van der Waals surface area contributed by atoms with Gasteiger partial charge >= 0.3 is 5.97 Å². The number of nitrogens with zero attached hydrogens (tertiary/aromatic N) is 1. The van der Waals surface area contributed by atoms with E-state index in [1.807, 2.05) is 0 Å². The van der Waals surface area contributed by atoms with Crippen LogP contribution in [0.1, 0.15) is 0 Å². The van der Waals surface area contributed by atoms with E-state index < -0.39 is 5.97 Å². The number of carbonyl (C=O) groups is 1. The van der Waals surface area contributed by atoms with Crippen molar-refractivity contribution >= 4 is 45.4 Å². The van der Waals surface area contributed by atoms with Crippen LogP contribution in [-0.2, 0) is 4.79 Å². The first kappa shape index (κ1) is 8.32. The predicted octanol–water partition coefficient (Wildman–Crippen LogP) is 1.02. The Kier molecular flexibility index (Phi) is 2.96. The summed E-state index contributed by atoms with van der Waals surface area (Å²) in [5.74, 6) is -0.891. The van der Waals surface area contributed by atoms with Crippen LogP contribution in [0.4, 0.5) is 0 Å². The summed E-state index contributed by atoms with van der Waals surface area (Å²) in [6, 6.07) is 0. The van der Waals surface area contributed by atoms with E-state index in [2.05, 4.69) is 27.6 Å². The summed E-state index contributed by atoms with van der Waals surface area (Å²) < 4.78 is 0.961. The van der Waals surface area contributed by atoms with Gasteiger partial charge in [-0.3, -0.25) is 4.99 Å². The van der Waals surface area contributed by atoms with Crippen LogP contribution in [0.2, 0.25) is 0 Å². The van der Waals surface area contributed by atoms with E-state index >= 15 is 0 Å². The highest BCUT2D eigenvalue weighted by atomic mass is 127. The van der Waals surface area contributed by atoms with Gasteiger partial charge in [-0.25, -0.2) is 4.79 Å². The number of aliphatic carboxylic acids is 1. The molecule has 1 unspecified atom stereocenters. The first-order valence-corrected chi connectivity index (χ1v) is 5.15. The minimum Gasteiger partial charge on any atom is -0.476 e. The fourth-order valence-electron chi connectivity index (χ4n) is 0.615. The third-order valence-corrected chi connectivity index (χ3v) is 3.91. The largest absolute Gasteiger partial charge is 0.476 e. The van der Waals surface area contributed by atoms with Gasteiger partial charge in [-0.15, -0.1) is 0 Å². The van der Waals surface area contributed by atoms with Crippen LogP contribution in [-0.4, -0.2) is 32.3 Å². The number of halogens is 1. The topological polar surface area (TPSA) is 49.7 Å². The van der Waals surface area contributed by atoms with E-state index in [0.29, 0.717) is 11.8 Å². The highest BCUT2D eigenvalue weighted by Gasteiger charge is 2.22. The molecule has 0 amide bonds. The van der Waals surface area contributed by atoms with Gasteiger partial charge in [0.1, 0.15) is 0 Å². The number of rotatable bonds is 2. The highest BCUT2D eigenvalue weighted by Crippen LogP contribution is 2.22. The zero-order valence-electron chi connectivity index (χ0n) is 5.08. The summed E-state index contributed by atoms with van der Waals surface area (Å²) >= 11 is 3.60. The lowest BCUT2D eigenvalue weighted by Crippen LogP contribution is -2.08. The molecule has 0 bridgehead atoms. The number of carboxylic acid groups (broad SMARTS) is 1. The summed E-state index contributed by atoms with van der Waals surface area (Å²) in [6.45, 7) is 0.662. The van der Waals surface area contributed by atoms with Crippen LogP contribution in [0.25, 0.3) is 0 Å². The third kappa shape index (κ3) is 1.85. The van der Waals surface area contributed by atoms with Crippen molar-refractivity contribution in [1.82, 2.24) is 0 Å². The van der Waals surface area contributed by atoms with Gasteiger partial charge < -0.3 is 5.11 Å². The lowest BCUT2D eigenvalue weighted by atomic mass is 10.5. The van der Waals surface area contributed by atoms with Gasteiger partial charge in [-0.2, -0.15) is 0 Å². The monoisotopic (exact) mass is 271 g/mol. The zero-order chi connectivity index (χ0) is 7.56. The molecule has 1 aliphatic rings. The standard InChI is InChI=1S/C5H6INO2S/c6-1-3-2-7-4(10-3)5(8)9/h3H,1-2H2,(H,8,9). The Morgan fingerprint density at radius 2 is 2.70 bits per heavy atom. The van der Waals surface area contributed by atoms with Gasteiger partial charge in [0, 0.05) is 9.68 Å². The number of thioether (sulfide) groups is 1. The Balaban J connectivity index is 2.47. The lowest BCUT2D eigenvalue weighted by molar-refractivity contribution is -0.129. The Morgan fingerprint density at radius 1 is 2.00 bits per heavy atom. The van der Waals surface area contributed by atoms with E-state index in [4.69, 9.17) is 5.11 Å². The molecule has 3 nitrogen and oxygen atoms in total. The van der Waals surface area contributed by atoms with Crippen LogP contribution in [0.3, 0.4) is 0 Å². The summed E-state index contributed by atoms with van der Waals surface area (Å²) in [5, 5.41) is 9.12. The molecule has 1 aliphatic heterocycles. The van der Waals surface area contributed by atoms with Crippen molar-refractivity contribution in [2.45, 2.75) is 5.25 Å².